The number of hydrogen-bond acceptors (Lipinski definition) is 4. The predicted octanol–water partition coefficient (Wildman–Crippen LogP) is 3.14. The summed E-state index contributed by atoms with van der Waals surface area (Å²) in [6.45, 7) is 4.39. The number of rotatable bonds is 3. The maximum Gasteiger partial charge on any atom is 0.254 e. The van der Waals surface area contributed by atoms with Crippen LogP contribution in [0.1, 0.15) is 21.7 Å². The summed E-state index contributed by atoms with van der Waals surface area (Å²) in [5, 5.41) is 0. The fourth-order valence-electron chi connectivity index (χ4n) is 2.67. The van der Waals surface area contributed by atoms with Crippen LogP contribution >= 0.6 is 22.9 Å². The van der Waals surface area contributed by atoms with Crippen molar-refractivity contribution < 1.29 is 4.79 Å². The highest BCUT2D eigenvalue weighted by Gasteiger charge is 2.20. The third-order valence-electron chi connectivity index (χ3n) is 3.81. The zero-order chi connectivity index (χ0) is 15.4. The van der Waals surface area contributed by atoms with Gasteiger partial charge in [0.2, 0.25) is 0 Å². The van der Waals surface area contributed by atoms with E-state index in [-0.39, 0.29) is 5.91 Å². The average Bonchev–Trinajstić information content (AvgIpc) is 2.81. The molecule has 0 spiro atoms. The molecule has 1 saturated heterocycles. The second-order valence-electron chi connectivity index (χ2n) is 5.36. The van der Waals surface area contributed by atoms with Crippen LogP contribution in [0.25, 0.3) is 0 Å². The maximum absolute atomic E-state index is 12.5. The van der Waals surface area contributed by atoms with Gasteiger partial charge in [0.05, 0.1) is 4.34 Å². The topological polar surface area (TPSA) is 36.4 Å². The Balaban J connectivity index is 1.59. The summed E-state index contributed by atoms with van der Waals surface area (Å²) in [4.78, 5) is 22.1. The van der Waals surface area contributed by atoms with Crippen molar-refractivity contribution in [3.8, 4) is 0 Å². The summed E-state index contributed by atoms with van der Waals surface area (Å²) in [5.41, 5.74) is 0.716. The highest BCUT2D eigenvalue weighted by atomic mass is 35.5. The second-order valence-corrected chi connectivity index (χ2v) is 7.16. The number of pyridine rings is 1. The SMILES string of the molecule is O=C(c1ccncc1)N1CCCN(Cc2ccc(Cl)s2)CC1. The Kier molecular flexibility index (Phi) is 5.08. The molecule has 0 aromatic carbocycles. The molecule has 0 aliphatic carbocycles. The Morgan fingerprint density at radius 3 is 2.68 bits per heavy atom. The molecule has 3 heterocycles. The Bertz CT molecular complexity index is 631. The molecule has 0 unspecified atom stereocenters. The minimum Gasteiger partial charge on any atom is -0.337 e. The monoisotopic (exact) mass is 335 g/mol. The molecule has 1 aliphatic heterocycles. The lowest BCUT2D eigenvalue weighted by Crippen LogP contribution is -2.35. The smallest absolute Gasteiger partial charge is 0.254 e. The summed E-state index contributed by atoms with van der Waals surface area (Å²) < 4.78 is 0.833. The Morgan fingerprint density at radius 1 is 1.14 bits per heavy atom. The van der Waals surface area contributed by atoms with E-state index in [0.717, 1.165) is 43.5 Å². The first kappa shape index (κ1) is 15.5. The van der Waals surface area contributed by atoms with Gasteiger partial charge < -0.3 is 4.90 Å². The largest absolute Gasteiger partial charge is 0.337 e. The van der Waals surface area contributed by atoms with Crippen molar-refractivity contribution in [2.45, 2.75) is 13.0 Å². The molecule has 22 heavy (non-hydrogen) atoms. The predicted molar refractivity (Wildman–Crippen MR) is 89.4 cm³/mol. The number of amides is 1. The van der Waals surface area contributed by atoms with Crippen LogP contribution < -0.4 is 0 Å². The van der Waals surface area contributed by atoms with Crippen LogP contribution in [-0.2, 0) is 6.54 Å². The van der Waals surface area contributed by atoms with Gasteiger partial charge >= 0.3 is 0 Å². The van der Waals surface area contributed by atoms with E-state index in [2.05, 4.69) is 16.0 Å². The van der Waals surface area contributed by atoms with Gasteiger partial charge in [-0.25, -0.2) is 0 Å². The van der Waals surface area contributed by atoms with Gasteiger partial charge in [-0.05, 0) is 30.7 Å². The number of carbonyl (C=O) groups excluding carboxylic acids is 1. The van der Waals surface area contributed by atoms with E-state index in [0.29, 0.717) is 5.56 Å². The van der Waals surface area contributed by atoms with Crippen molar-refractivity contribution in [1.29, 1.82) is 0 Å². The first-order valence-electron chi connectivity index (χ1n) is 7.38. The standard InChI is InChI=1S/C16H18ClN3OS/c17-15-3-2-14(22-15)12-19-8-1-9-20(11-10-19)16(21)13-4-6-18-7-5-13/h2-7H,1,8-12H2. The molecule has 1 amide bonds. The van der Waals surface area contributed by atoms with Gasteiger partial charge in [-0.1, -0.05) is 11.6 Å². The lowest BCUT2D eigenvalue weighted by Gasteiger charge is -2.21. The highest BCUT2D eigenvalue weighted by molar-refractivity contribution is 7.16. The van der Waals surface area contributed by atoms with Crippen LogP contribution in [-0.4, -0.2) is 46.9 Å². The first-order chi connectivity index (χ1) is 10.7. The van der Waals surface area contributed by atoms with Gasteiger partial charge in [0.15, 0.2) is 0 Å². The normalized spacial score (nSPS) is 16.5. The van der Waals surface area contributed by atoms with Gasteiger partial charge in [0.25, 0.3) is 5.91 Å². The van der Waals surface area contributed by atoms with Crippen LogP contribution in [0, 0.1) is 0 Å². The minimum absolute atomic E-state index is 0.100. The van der Waals surface area contributed by atoms with Crippen molar-refractivity contribution in [2.75, 3.05) is 26.2 Å². The fraction of sp³-hybridized carbons (Fsp3) is 0.375. The molecule has 4 nitrogen and oxygen atoms in total. The summed E-state index contributed by atoms with van der Waals surface area (Å²) in [6.07, 6.45) is 4.33. The number of carbonyl (C=O) groups is 1. The third kappa shape index (κ3) is 3.85. The van der Waals surface area contributed by atoms with E-state index in [1.807, 2.05) is 11.0 Å². The van der Waals surface area contributed by atoms with Crippen molar-refractivity contribution in [3.63, 3.8) is 0 Å². The lowest BCUT2D eigenvalue weighted by atomic mass is 10.2. The molecule has 2 aromatic rings. The van der Waals surface area contributed by atoms with Crippen LogP contribution in [0.4, 0.5) is 0 Å². The van der Waals surface area contributed by atoms with Crippen LogP contribution in [0.15, 0.2) is 36.7 Å². The third-order valence-corrected chi connectivity index (χ3v) is 5.03. The summed E-state index contributed by atoms with van der Waals surface area (Å²) in [7, 11) is 0. The summed E-state index contributed by atoms with van der Waals surface area (Å²) >= 11 is 7.61. The number of hydrogen-bond donors (Lipinski definition) is 0. The zero-order valence-electron chi connectivity index (χ0n) is 12.2. The number of nitrogens with zero attached hydrogens (tertiary/aromatic N) is 3. The van der Waals surface area contributed by atoms with Gasteiger partial charge in [-0.15, -0.1) is 11.3 Å². The van der Waals surface area contributed by atoms with Crippen LogP contribution in [0.2, 0.25) is 4.34 Å². The van der Waals surface area contributed by atoms with Crippen molar-refractivity contribution in [3.05, 3.63) is 51.4 Å². The summed E-state index contributed by atoms with van der Waals surface area (Å²) in [5.74, 6) is 0.100. The zero-order valence-corrected chi connectivity index (χ0v) is 13.8. The molecule has 3 rings (SSSR count). The molecular formula is C16H18ClN3OS. The van der Waals surface area contributed by atoms with Gasteiger partial charge in [0, 0.05) is 55.6 Å². The molecule has 2 aromatic heterocycles. The molecular weight excluding hydrogens is 318 g/mol. The molecule has 0 radical (unpaired) electrons. The van der Waals surface area contributed by atoms with E-state index in [1.54, 1.807) is 35.9 Å². The van der Waals surface area contributed by atoms with E-state index >= 15 is 0 Å². The fourth-order valence-corrected chi connectivity index (χ4v) is 3.80. The molecule has 6 heteroatoms. The number of aromatic nitrogens is 1. The average molecular weight is 336 g/mol. The first-order valence-corrected chi connectivity index (χ1v) is 8.58. The van der Waals surface area contributed by atoms with Crippen LogP contribution in [0.3, 0.4) is 0 Å². The second kappa shape index (κ2) is 7.22. The van der Waals surface area contributed by atoms with Gasteiger partial charge in [-0.2, -0.15) is 0 Å². The van der Waals surface area contributed by atoms with Crippen LogP contribution in [0.5, 0.6) is 0 Å². The summed E-state index contributed by atoms with van der Waals surface area (Å²) in [6, 6.07) is 7.58. The molecule has 1 fully saturated rings. The Morgan fingerprint density at radius 2 is 1.95 bits per heavy atom. The molecule has 116 valence electrons. The van der Waals surface area contributed by atoms with E-state index in [9.17, 15) is 4.79 Å². The number of thiophene rings is 1. The van der Waals surface area contributed by atoms with Gasteiger partial charge in [0.1, 0.15) is 0 Å². The minimum atomic E-state index is 0.100. The molecule has 1 aliphatic rings. The Labute approximate surface area is 139 Å². The quantitative estimate of drug-likeness (QED) is 0.864. The van der Waals surface area contributed by atoms with E-state index in [1.165, 1.54) is 4.88 Å². The maximum atomic E-state index is 12.5. The van der Waals surface area contributed by atoms with Crippen molar-refractivity contribution >= 4 is 28.8 Å². The van der Waals surface area contributed by atoms with E-state index < -0.39 is 0 Å². The number of halogens is 1. The van der Waals surface area contributed by atoms with Crippen molar-refractivity contribution in [2.24, 2.45) is 0 Å². The molecule has 0 N–H and O–H groups in total. The Hall–Kier alpha value is -1.43. The highest BCUT2D eigenvalue weighted by Crippen LogP contribution is 2.23. The van der Waals surface area contributed by atoms with Gasteiger partial charge in [-0.3, -0.25) is 14.7 Å². The van der Waals surface area contributed by atoms with E-state index in [4.69, 9.17) is 11.6 Å². The van der Waals surface area contributed by atoms with Crippen molar-refractivity contribution in [1.82, 2.24) is 14.8 Å². The molecule has 0 atom stereocenters. The lowest BCUT2D eigenvalue weighted by molar-refractivity contribution is 0.0761. The molecule has 0 bridgehead atoms. The molecule has 0 saturated carbocycles.